The number of carbonyl (C=O) groups excluding carboxylic acids is 2. The Labute approximate surface area is 189 Å². The molecule has 0 saturated heterocycles. The number of hydrogen-bond donors (Lipinski definition) is 2. The Kier molecular flexibility index (Phi) is 5.78. The highest BCUT2D eigenvalue weighted by atomic mass is 19.1. The summed E-state index contributed by atoms with van der Waals surface area (Å²) in [5.74, 6) is -1.07. The molecule has 0 fully saturated rings. The van der Waals surface area contributed by atoms with Crippen LogP contribution < -0.4 is 15.8 Å². The molecule has 0 spiro atoms. The number of pyridine rings is 1. The number of ether oxygens (including phenoxy) is 1. The molecule has 0 saturated carbocycles. The Bertz CT molecular complexity index is 1380. The summed E-state index contributed by atoms with van der Waals surface area (Å²) in [6, 6.07) is 12.7. The summed E-state index contributed by atoms with van der Waals surface area (Å²) >= 11 is 0. The zero-order valence-electron chi connectivity index (χ0n) is 18.3. The number of aryl methyl sites for hydroxylation is 1. The Morgan fingerprint density at radius 3 is 2.52 bits per heavy atom. The molecule has 4 rings (SSSR count). The first-order valence-corrected chi connectivity index (χ1v) is 10.1. The average molecular weight is 447 g/mol. The molecular formula is C24H22FN5O3. The number of benzene rings is 2. The van der Waals surface area contributed by atoms with Crippen LogP contribution in [0.2, 0.25) is 0 Å². The summed E-state index contributed by atoms with van der Waals surface area (Å²) < 4.78 is 20.9. The van der Waals surface area contributed by atoms with Crippen molar-refractivity contribution in [2.45, 2.75) is 20.4 Å². The van der Waals surface area contributed by atoms with Gasteiger partial charge in [0.2, 0.25) is 0 Å². The van der Waals surface area contributed by atoms with Gasteiger partial charge in [-0.05, 0) is 55.8 Å². The molecule has 2 amide bonds. The molecule has 0 atom stereocenters. The minimum absolute atomic E-state index is 0.0806. The van der Waals surface area contributed by atoms with Crippen LogP contribution in [-0.4, -0.2) is 33.7 Å². The lowest BCUT2D eigenvalue weighted by Crippen LogP contribution is -2.18. The van der Waals surface area contributed by atoms with Gasteiger partial charge in [-0.15, -0.1) is 0 Å². The molecule has 168 valence electrons. The van der Waals surface area contributed by atoms with Crippen molar-refractivity contribution in [3.63, 3.8) is 0 Å². The number of aromatic nitrogens is 3. The lowest BCUT2D eigenvalue weighted by molar-refractivity contribution is 0.0996. The van der Waals surface area contributed by atoms with E-state index in [1.54, 1.807) is 18.7 Å². The minimum atomic E-state index is -0.782. The number of primary amides is 1. The second kappa shape index (κ2) is 8.70. The number of rotatable bonds is 6. The molecule has 3 N–H and O–H groups in total. The molecule has 0 aliphatic rings. The van der Waals surface area contributed by atoms with Gasteiger partial charge in [-0.3, -0.25) is 14.3 Å². The van der Waals surface area contributed by atoms with Gasteiger partial charge in [-0.25, -0.2) is 9.37 Å². The van der Waals surface area contributed by atoms with E-state index >= 15 is 0 Å². The van der Waals surface area contributed by atoms with E-state index < -0.39 is 17.6 Å². The minimum Gasteiger partial charge on any atom is -0.497 e. The van der Waals surface area contributed by atoms with Crippen molar-refractivity contribution in [3.05, 3.63) is 82.6 Å². The van der Waals surface area contributed by atoms with Gasteiger partial charge in [0.15, 0.2) is 0 Å². The van der Waals surface area contributed by atoms with E-state index in [0.29, 0.717) is 23.4 Å². The van der Waals surface area contributed by atoms with Gasteiger partial charge >= 0.3 is 0 Å². The predicted octanol–water partition coefficient (Wildman–Crippen LogP) is 3.60. The Balaban J connectivity index is 1.67. The summed E-state index contributed by atoms with van der Waals surface area (Å²) in [7, 11) is 1.61. The summed E-state index contributed by atoms with van der Waals surface area (Å²) in [6.07, 6.45) is 0. The molecule has 2 aromatic heterocycles. The van der Waals surface area contributed by atoms with E-state index in [9.17, 15) is 14.0 Å². The number of nitrogens with zero attached hydrogens (tertiary/aromatic N) is 3. The van der Waals surface area contributed by atoms with Gasteiger partial charge in [-0.1, -0.05) is 12.1 Å². The number of halogens is 1. The Morgan fingerprint density at radius 2 is 1.85 bits per heavy atom. The number of anilines is 1. The zero-order valence-corrected chi connectivity index (χ0v) is 18.3. The molecule has 4 aromatic rings. The van der Waals surface area contributed by atoms with E-state index in [0.717, 1.165) is 17.0 Å². The van der Waals surface area contributed by atoms with Crippen molar-refractivity contribution in [1.82, 2.24) is 14.8 Å². The maximum Gasteiger partial charge on any atom is 0.267 e. The standard InChI is InChI=1S/C24H22FN5O3/c1-13-22(14(2)30(29-13)12-15-4-7-17(33-3)8-5-15)28-24(32)19-11-21(23(26)31)27-20-9-6-16(25)10-18(19)20/h4-11H,12H2,1-3H3,(H2,26,31)(H,28,32). The van der Waals surface area contributed by atoms with Gasteiger partial charge in [0.25, 0.3) is 11.8 Å². The van der Waals surface area contributed by atoms with E-state index in [2.05, 4.69) is 15.4 Å². The lowest BCUT2D eigenvalue weighted by atomic mass is 10.1. The molecule has 8 nitrogen and oxygen atoms in total. The first-order chi connectivity index (χ1) is 15.8. The number of hydrogen-bond acceptors (Lipinski definition) is 5. The van der Waals surface area contributed by atoms with Crippen LogP contribution in [0.15, 0.2) is 48.5 Å². The van der Waals surface area contributed by atoms with Gasteiger partial charge in [0, 0.05) is 5.39 Å². The van der Waals surface area contributed by atoms with E-state index in [1.807, 2.05) is 31.2 Å². The van der Waals surface area contributed by atoms with Crippen LogP contribution in [-0.2, 0) is 6.54 Å². The fourth-order valence-electron chi connectivity index (χ4n) is 3.63. The summed E-state index contributed by atoms with van der Waals surface area (Å²) in [5.41, 5.74) is 8.59. The second-order valence-corrected chi connectivity index (χ2v) is 7.59. The van der Waals surface area contributed by atoms with Crippen molar-refractivity contribution in [2.24, 2.45) is 5.73 Å². The van der Waals surface area contributed by atoms with Crippen molar-refractivity contribution in [3.8, 4) is 5.75 Å². The largest absolute Gasteiger partial charge is 0.497 e. The van der Waals surface area contributed by atoms with Crippen molar-refractivity contribution in [2.75, 3.05) is 12.4 Å². The van der Waals surface area contributed by atoms with Crippen LogP contribution in [0.3, 0.4) is 0 Å². The third kappa shape index (κ3) is 4.38. The SMILES string of the molecule is COc1ccc(Cn2nc(C)c(NC(=O)c3cc(C(N)=O)nc4ccc(F)cc34)c2C)cc1. The predicted molar refractivity (Wildman–Crippen MR) is 122 cm³/mol. The van der Waals surface area contributed by atoms with Crippen molar-refractivity contribution in [1.29, 1.82) is 0 Å². The molecular weight excluding hydrogens is 425 g/mol. The van der Waals surface area contributed by atoms with Crippen molar-refractivity contribution < 1.29 is 18.7 Å². The number of nitrogens with two attached hydrogens (primary N) is 1. The number of fused-ring (bicyclic) bond motifs is 1. The lowest BCUT2D eigenvalue weighted by Gasteiger charge is -2.10. The molecule has 33 heavy (non-hydrogen) atoms. The van der Waals surface area contributed by atoms with Crippen LogP contribution in [0.5, 0.6) is 5.75 Å². The maximum atomic E-state index is 13.9. The highest BCUT2D eigenvalue weighted by Crippen LogP contribution is 2.25. The Hall–Kier alpha value is -4.27. The van der Waals surface area contributed by atoms with E-state index in [-0.39, 0.29) is 16.6 Å². The summed E-state index contributed by atoms with van der Waals surface area (Å²) in [5, 5.41) is 7.67. The molecule has 2 aromatic carbocycles. The number of methoxy groups -OCH3 is 1. The quantitative estimate of drug-likeness (QED) is 0.469. The van der Waals surface area contributed by atoms with Gasteiger partial charge in [-0.2, -0.15) is 5.10 Å². The van der Waals surface area contributed by atoms with Crippen molar-refractivity contribution >= 4 is 28.4 Å². The molecule has 0 radical (unpaired) electrons. The fourth-order valence-corrected chi connectivity index (χ4v) is 3.63. The molecule has 9 heteroatoms. The normalized spacial score (nSPS) is 10.9. The number of carbonyl (C=O) groups is 2. The van der Waals surface area contributed by atoms with E-state index in [1.165, 1.54) is 24.3 Å². The monoisotopic (exact) mass is 447 g/mol. The smallest absolute Gasteiger partial charge is 0.267 e. The third-order valence-electron chi connectivity index (χ3n) is 5.38. The molecule has 0 bridgehead atoms. The molecule has 0 aliphatic heterocycles. The Morgan fingerprint density at radius 1 is 1.12 bits per heavy atom. The van der Waals surface area contributed by atoms with Crippen LogP contribution in [0.4, 0.5) is 10.1 Å². The number of amides is 2. The molecule has 0 unspecified atom stereocenters. The summed E-state index contributed by atoms with van der Waals surface area (Å²) in [6.45, 7) is 4.13. The third-order valence-corrected chi connectivity index (χ3v) is 5.38. The van der Waals surface area contributed by atoms with Gasteiger partial charge < -0.3 is 15.8 Å². The summed E-state index contributed by atoms with van der Waals surface area (Å²) in [4.78, 5) is 29.0. The van der Waals surface area contributed by atoms with Gasteiger partial charge in [0.1, 0.15) is 17.3 Å². The van der Waals surface area contributed by atoms with Crippen LogP contribution >= 0.6 is 0 Å². The van der Waals surface area contributed by atoms with Crippen LogP contribution in [0, 0.1) is 19.7 Å². The average Bonchev–Trinajstić information content (AvgIpc) is 3.06. The first-order valence-electron chi connectivity index (χ1n) is 10.1. The maximum absolute atomic E-state index is 13.9. The van der Waals surface area contributed by atoms with Crippen LogP contribution in [0.25, 0.3) is 10.9 Å². The fraction of sp³-hybridized carbons (Fsp3) is 0.167. The second-order valence-electron chi connectivity index (χ2n) is 7.59. The topological polar surface area (TPSA) is 112 Å². The number of nitrogens with one attached hydrogen (secondary N) is 1. The zero-order chi connectivity index (χ0) is 23.7. The first kappa shape index (κ1) is 21.9. The van der Waals surface area contributed by atoms with E-state index in [4.69, 9.17) is 10.5 Å². The highest BCUT2D eigenvalue weighted by Gasteiger charge is 2.20. The molecule has 0 aliphatic carbocycles. The molecule has 2 heterocycles. The van der Waals surface area contributed by atoms with Gasteiger partial charge in [0.05, 0.1) is 41.8 Å². The highest BCUT2D eigenvalue weighted by molar-refractivity contribution is 6.14. The van der Waals surface area contributed by atoms with Crippen LogP contribution in [0.1, 0.15) is 37.8 Å².